The number of aromatic nitrogens is 2. The van der Waals surface area contributed by atoms with Crippen molar-refractivity contribution in [2.24, 2.45) is 17.8 Å². The summed E-state index contributed by atoms with van der Waals surface area (Å²) in [5, 5.41) is 11.5. The van der Waals surface area contributed by atoms with E-state index in [9.17, 15) is 24.0 Å². The van der Waals surface area contributed by atoms with Crippen molar-refractivity contribution in [3.8, 4) is 0 Å². The number of hydrogen-bond donors (Lipinski definition) is 5. The lowest BCUT2D eigenvalue weighted by Crippen LogP contribution is -2.58. The fraction of sp³-hybridized carbons (Fsp3) is 0.606. The van der Waals surface area contributed by atoms with Crippen LogP contribution in [0.5, 0.6) is 0 Å². The van der Waals surface area contributed by atoms with Gasteiger partial charge in [0.1, 0.15) is 11.7 Å². The minimum Gasteiger partial charge on any atom is -0.367 e. The summed E-state index contributed by atoms with van der Waals surface area (Å²) >= 11 is 0. The Hall–Kier alpha value is -3.73. The maximum atomic E-state index is 13.5. The van der Waals surface area contributed by atoms with E-state index >= 15 is 0 Å². The summed E-state index contributed by atoms with van der Waals surface area (Å²) in [6.45, 7) is 7.04. The van der Waals surface area contributed by atoms with Crippen LogP contribution in [0, 0.1) is 17.8 Å². The van der Waals surface area contributed by atoms with Crippen molar-refractivity contribution in [3.63, 3.8) is 0 Å². The van der Waals surface area contributed by atoms with Crippen LogP contribution in [-0.2, 0) is 26.3 Å². The van der Waals surface area contributed by atoms with Crippen LogP contribution in [0.2, 0.25) is 0 Å². The van der Waals surface area contributed by atoms with Gasteiger partial charge in [-0.15, -0.1) is 0 Å². The molecule has 2 heterocycles. The molecule has 6 rings (SSSR count). The van der Waals surface area contributed by atoms with Gasteiger partial charge in [0.05, 0.1) is 5.56 Å². The van der Waals surface area contributed by atoms with Crippen LogP contribution in [-0.4, -0.2) is 58.2 Å². The van der Waals surface area contributed by atoms with Gasteiger partial charge in [0.25, 0.3) is 17.4 Å². The molecule has 0 radical (unpaired) electrons. The highest BCUT2D eigenvalue weighted by Gasteiger charge is 2.50. The smallest absolute Gasteiger partial charge is 0.287 e. The van der Waals surface area contributed by atoms with Crippen molar-refractivity contribution < 1.29 is 19.2 Å². The Bertz CT molecular complexity index is 1430. The summed E-state index contributed by atoms with van der Waals surface area (Å²) < 4.78 is 1.58. The zero-order valence-corrected chi connectivity index (χ0v) is 26.3. The Labute approximate surface area is 258 Å². The Balaban J connectivity index is 1.25. The van der Waals surface area contributed by atoms with Crippen LogP contribution < -0.4 is 26.8 Å². The second-order valence-electron chi connectivity index (χ2n) is 14.1. The van der Waals surface area contributed by atoms with Crippen molar-refractivity contribution in [1.29, 1.82) is 0 Å². The molecule has 11 nitrogen and oxygen atoms in total. The summed E-state index contributed by atoms with van der Waals surface area (Å²) in [7, 11) is 1.35. The van der Waals surface area contributed by atoms with E-state index in [1.54, 1.807) is 29.2 Å². The molecule has 1 atom stereocenters. The zero-order valence-electron chi connectivity index (χ0n) is 26.3. The molecule has 0 spiro atoms. The fourth-order valence-electron chi connectivity index (χ4n) is 8.00. The van der Waals surface area contributed by atoms with Gasteiger partial charge in [-0.05, 0) is 85.8 Å². The third kappa shape index (κ3) is 6.98. The van der Waals surface area contributed by atoms with Crippen molar-refractivity contribution in [2.75, 3.05) is 18.9 Å². The van der Waals surface area contributed by atoms with Gasteiger partial charge in [0.2, 0.25) is 11.7 Å². The van der Waals surface area contributed by atoms with Gasteiger partial charge in [0.15, 0.2) is 0 Å². The number of carbonyl (C=O) groups is 4. The van der Waals surface area contributed by atoms with E-state index in [0.717, 1.165) is 23.3 Å². The lowest BCUT2D eigenvalue weighted by Gasteiger charge is -2.57. The van der Waals surface area contributed by atoms with Gasteiger partial charge in [-0.25, -0.2) is 0 Å². The normalized spacial score (nSPS) is 24.5. The lowest BCUT2D eigenvalue weighted by molar-refractivity contribution is -0.137. The predicted molar refractivity (Wildman–Crippen MR) is 167 cm³/mol. The van der Waals surface area contributed by atoms with Gasteiger partial charge in [0, 0.05) is 50.7 Å². The number of Topliss-reactive ketones (excluding diaryl/α,β-unsaturated/α-hetero) is 1. The Morgan fingerprint density at radius 1 is 1.05 bits per heavy atom. The SMILES string of the molecule is CNC(=O)C(=O)CC[C@H](NC(=O)c1c[nH]cc1C(C)(C)C)C(=O)Nc1cccn(CCNC23CC4CC(CC(C4)C2)C3)c1=O. The highest BCUT2D eigenvalue weighted by atomic mass is 16.2. The number of H-pyrrole nitrogens is 1. The van der Waals surface area contributed by atoms with Gasteiger partial charge in [-0.1, -0.05) is 20.8 Å². The number of ketones is 1. The molecule has 4 bridgehead atoms. The van der Waals surface area contributed by atoms with Crippen LogP contribution >= 0.6 is 0 Å². The molecule has 11 heteroatoms. The van der Waals surface area contributed by atoms with Gasteiger partial charge in [-0.2, -0.15) is 0 Å². The Morgan fingerprint density at radius 3 is 2.32 bits per heavy atom. The molecule has 4 aliphatic rings. The molecule has 0 saturated heterocycles. The van der Waals surface area contributed by atoms with E-state index in [1.165, 1.54) is 51.6 Å². The van der Waals surface area contributed by atoms with E-state index in [4.69, 9.17) is 0 Å². The third-order valence-electron chi connectivity index (χ3n) is 9.73. The predicted octanol–water partition coefficient (Wildman–Crippen LogP) is 2.86. The summed E-state index contributed by atoms with van der Waals surface area (Å²) in [6, 6.07) is 2.08. The molecule has 0 aliphatic heterocycles. The quantitative estimate of drug-likeness (QED) is 0.234. The molecule has 238 valence electrons. The van der Waals surface area contributed by atoms with Crippen LogP contribution in [0.1, 0.15) is 88.1 Å². The molecule has 2 aromatic heterocycles. The van der Waals surface area contributed by atoms with E-state index in [0.29, 0.717) is 18.7 Å². The monoisotopic (exact) mass is 606 g/mol. The molecular weight excluding hydrogens is 560 g/mol. The van der Waals surface area contributed by atoms with Crippen LogP contribution in [0.4, 0.5) is 5.69 Å². The van der Waals surface area contributed by atoms with Crippen molar-refractivity contribution in [3.05, 3.63) is 52.2 Å². The second-order valence-corrected chi connectivity index (χ2v) is 14.1. The minimum absolute atomic E-state index is 0.0845. The molecule has 2 aromatic rings. The number of pyridine rings is 1. The average molecular weight is 607 g/mol. The van der Waals surface area contributed by atoms with Gasteiger partial charge >= 0.3 is 0 Å². The summed E-state index contributed by atoms with van der Waals surface area (Å²) in [6.07, 6.45) is 12.4. The first kappa shape index (κ1) is 31.7. The summed E-state index contributed by atoms with van der Waals surface area (Å²) in [5.41, 5.74) is 0.736. The first-order chi connectivity index (χ1) is 20.9. The number of anilines is 1. The van der Waals surface area contributed by atoms with E-state index in [1.807, 2.05) is 20.8 Å². The third-order valence-corrected chi connectivity index (χ3v) is 9.73. The van der Waals surface area contributed by atoms with E-state index in [-0.39, 0.29) is 35.0 Å². The number of nitrogens with one attached hydrogen (secondary N) is 5. The Kier molecular flexibility index (Phi) is 9.15. The molecule has 5 N–H and O–H groups in total. The number of amides is 3. The molecular formula is C33H46N6O5. The van der Waals surface area contributed by atoms with Crippen LogP contribution in [0.15, 0.2) is 35.5 Å². The van der Waals surface area contributed by atoms with Crippen molar-refractivity contribution >= 4 is 29.2 Å². The lowest BCUT2D eigenvalue weighted by atomic mass is 9.53. The maximum absolute atomic E-state index is 13.5. The van der Waals surface area contributed by atoms with E-state index < -0.39 is 29.5 Å². The molecule has 3 amide bonds. The van der Waals surface area contributed by atoms with E-state index in [2.05, 4.69) is 26.3 Å². The highest BCUT2D eigenvalue weighted by molar-refractivity contribution is 6.36. The number of aromatic amines is 1. The molecule has 4 saturated carbocycles. The Morgan fingerprint density at radius 2 is 1.70 bits per heavy atom. The maximum Gasteiger partial charge on any atom is 0.287 e. The molecule has 44 heavy (non-hydrogen) atoms. The van der Waals surface area contributed by atoms with Gasteiger partial charge in [-0.3, -0.25) is 24.0 Å². The van der Waals surface area contributed by atoms with Crippen molar-refractivity contribution in [2.45, 2.75) is 95.7 Å². The molecule has 0 unspecified atom stereocenters. The van der Waals surface area contributed by atoms with Gasteiger partial charge < -0.3 is 30.8 Å². The first-order valence-electron chi connectivity index (χ1n) is 15.9. The van der Waals surface area contributed by atoms with Crippen molar-refractivity contribution in [1.82, 2.24) is 25.5 Å². The molecule has 4 fully saturated rings. The number of hydrogen-bond acceptors (Lipinski definition) is 6. The highest BCUT2D eigenvalue weighted by Crippen LogP contribution is 2.55. The topological polar surface area (TPSA) is 154 Å². The molecule has 4 aliphatic carbocycles. The number of rotatable bonds is 12. The standard InChI is InChI=1S/C33H46N6O5/c1-32(2,3)24-19-35-18-23(24)28(41)37-25(7-8-27(40)30(43)34-4)29(42)38-26-6-5-10-39(31(26)44)11-9-36-33-15-20-12-21(16-33)14-22(13-20)17-33/h5-6,10,18-22,25,35-36H,7-9,11-17H2,1-4H3,(H,34,43)(H,37,41)(H,38,42)/t20?,21?,22?,25-,33?/m0/s1. The zero-order chi connectivity index (χ0) is 31.6. The fourth-order valence-corrected chi connectivity index (χ4v) is 8.00. The van der Waals surface area contributed by atoms with Crippen LogP contribution in [0.25, 0.3) is 0 Å². The second kappa shape index (κ2) is 12.7. The number of likely N-dealkylation sites (N-methyl/N-ethyl adjacent to an activating group) is 1. The summed E-state index contributed by atoms with van der Waals surface area (Å²) in [5.74, 6) is -0.135. The largest absolute Gasteiger partial charge is 0.367 e. The average Bonchev–Trinajstić information content (AvgIpc) is 3.47. The molecule has 0 aromatic carbocycles. The number of nitrogens with zero attached hydrogens (tertiary/aromatic N) is 1. The number of carbonyl (C=O) groups excluding carboxylic acids is 4. The minimum atomic E-state index is -1.16. The summed E-state index contributed by atoms with van der Waals surface area (Å²) in [4.78, 5) is 67.1. The van der Waals surface area contributed by atoms with Crippen LogP contribution in [0.3, 0.4) is 0 Å². The first-order valence-corrected chi connectivity index (χ1v) is 15.9.